The highest BCUT2D eigenvalue weighted by atomic mass is 16.6. The molecule has 1 aromatic carbocycles. The monoisotopic (exact) mass is 276 g/mol. The third-order valence-corrected chi connectivity index (χ3v) is 2.85. The van der Waals surface area contributed by atoms with Crippen molar-refractivity contribution in [1.29, 1.82) is 0 Å². The molecule has 2 aromatic rings. The molecule has 0 aliphatic rings. The van der Waals surface area contributed by atoms with Crippen LogP contribution in [-0.2, 0) is 13.5 Å². The minimum Gasteiger partial charge on any atom is -0.497 e. The summed E-state index contributed by atoms with van der Waals surface area (Å²) in [5.41, 5.74) is 1.08. The lowest BCUT2D eigenvalue weighted by Crippen LogP contribution is -2.07. The smallest absolute Gasteiger partial charge is 0.330 e. The van der Waals surface area contributed by atoms with Crippen molar-refractivity contribution >= 4 is 11.5 Å². The molecule has 1 aromatic heterocycles. The standard InChI is InChI=1S/C13H16N4O3/c1-16-9-12(17(18)19)13(15-16)14-7-6-10-4-3-5-11(8-10)20-2/h3-5,8-9H,6-7H2,1-2H3,(H,14,15). The maximum absolute atomic E-state index is 10.8. The molecule has 7 heteroatoms. The van der Waals surface area contributed by atoms with Gasteiger partial charge in [-0.25, -0.2) is 0 Å². The normalized spacial score (nSPS) is 10.3. The molecule has 20 heavy (non-hydrogen) atoms. The van der Waals surface area contributed by atoms with Gasteiger partial charge in [-0.1, -0.05) is 12.1 Å². The first-order valence-electron chi connectivity index (χ1n) is 6.15. The molecule has 0 saturated carbocycles. The van der Waals surface area contributed by atoms with Crippen LogP contribution in [0, 0.1) is 10.1 Å². The Labute approximate surface area is 116 Å². The molecule has 0 radical (unpaired) electrons. The fraction of sp³-hybridized carbons (Fsp3) is 0.308. The largest absolute Gasteiger partial charge is 0.497 e. The van der Waals surface area contributed by atoms with Gasteiger partial charge < -0.3 is 10.1 Å². The van der Waals surface area contributed by atoms with Crippen LogP contribution in [-0.4, -0.2) is 28.4 Å². The number of benzene rings is 1. The minimum atomic E-state index is -0.444. The van der Waals surface area contributed by atoms with Crippen molar-refractivity contribution < 1.29 is 9.66 Å². The maximum Gasteiger partial charge on any atom is 0.330 e. The molecule has 1 N–H and O–H groups in total. The summed E-state index contributed by atoms with van der Waals surface area (Å²) in [4.78, 5) is 10.4. The van der Waals surface area contributed by atoms with Crippen LogP contribution in [0.3, 0.4) is 0 Å². The summed E-state index contributed by atoms with van der Waals surface area (Å²) in [6.07, 6.45) is 2.11. The highest BCUT2D eigenvalue weighted by molar-refractivity contribution is 5.54. The molecule has 0 saturated heterocycles. The number of anilines is 1. The summed E-state index contributed by atoms with van der Waals surface area (Å²) in [6.45, 7) is 0.561. The summed E-state index contributed by atoms with van der Waals surface area (Å²) < 4.78 is 6.57. The second-order valence-corrected chi connectivity index (χ2v) is 4.32. The van der Waals surface area contributed by atoms with Crippen molar-refractivity contribution in [1.82, 2.24) is 9.78 Å². The Kier molecular flexibility index (Phi) is 4.19. The molecule has 0 amide bonds. The molecule has 0 aliphatic carbocycles. The van der Waals surface area contributed by atoms with Gasteiger partial charge in [-0.3, -0.25) is 14.8 Å². The van der Waals surface area contributed by atoms with E-state index in [0.29, 0.717) is 12.4 Å². The molecule has 0 aliphatic heterocycles. The van der Waals surface area contributed by atoms with Gasteiger partial charge in [0.05, 0.1) is 12.0 Å². The average Bonchev–Trinajstić information content (AvgIpc) is 2.80. The van der Waals surface area contributed by atoms with E-state index in [1.807, 2.05) is 24.3 Å². The number of hydrogen-bond acceptors (Lipinski definition) is 5. The first-order chi connectivity index (χ1) is 9.60. The topological polar surface area (TPSA) is 82.2 Å². The second-order valence-electron chi connectivity index (χ2n) is 4.32. The van der Waals surface area contributed by atoms with Crippen LogP contribution in [0.25, 0.3) is 0 Å². The summed E-state index contributed by atoms with van der Waals surface area (Å²) in [6, 6.07) is 7.71. The van der Waals surface area contributed by atoms with E-state index in [4.69, 9.17) is 4.74 Å². The summed E-state index contributed by atoms with van der Waals surface area (Å²) in [5.74, 6) is 1.09. The van der Waals surface area contributed by atoms with Crippen molar-refractivity contribution in [3.63, 3.8) is 0 Å². The summed E-state index contributed by atoms with van der Waals surface area (Å²) >= 11 is 0. The minimum absolute atomic E-state index is 0.0156. The molecule has 0 fully saturated rings. The number of aryl methyl sites for hydroxylation is 1. The Morgan fingerprint density at radius 2 is 2.30 bits per heavy atom. The predicted octanol–water partition coefficient (Wildman–Crippen LogP) is 1.99. The van der Waals surface area contributed by atoms with Crippen molar-refractivity contribution in [3.05, 3.63) is 46.1 Å². The third-order valence-electron chi connectivity index (χ3n) is 2.85. The van der Waals surface area contributed by atoms with E-state index in [9.17, 15) is 10.1 Å². The fourth-order valence-corrected chi connectivity index (χ4v) is 1.89. The zero-order valence-electron chi connectivity index (χ0n) is 11.4. The zero-order chi connectivity index (χ0) is 14.5. The number of nitrogens with one attached hydrogen (secondary N) is 1. The summed E-state index contributed by atoms with van der Waals surface area (Å²) in [7, 11) is 3.27. The molecule has 0 spiro atoms. The van der Waals surface area contributed by atoms with Crippen LogP contribution in [0.4, 0.5) is 11.5 Å². The van der Waals surface area contributed by atoms with Crippen LogP contribution in [0.1, 0.15) is 5.56 Å². The molecule has 106 valence electrons. The van der Waals surface area contributed by atoms with Crippen LogP contribution in [0.2, 0.25) is 0 Å². The molecular weight excluding hydrogens is 260 g/mol. The van der Waals surface area contributed by atoms with Gasteiger partial charge in [0.1, 0.15) is 11.9 Å². The van der Waals surface area contributed by atoms with Gasteiger partial charge in [0.2, 0.25) is 5.82 Å². The lowest BCUT2D eigenvalue weighted by atomic mass is 10.1. The van der Waals surface area contributed by atoms with Gasteiger partial charge in [0, 0.05) is 13.6 Å². The molecular formula is C13H16N4O3. The Hall–Kier alpha value is -2.57. The van der Waals surface area contributed by atoms with E-state index in [1.165, 1.54) is 10.9 Å². The average molecular weight is 276 g/mol. The first-order valence-corrected chi connectivity index (χ1v) is 6.15. The highest BCUT2D eigenvalue weighted by Gasteiger charge is 2.17. The number of rotatable bonds is 6. The quantitative estimate of drug-likeness (QED) is 0.644. The number of hydrogen-bond donors (Lipinski definition) is 1. The molecule has 0 atom stereocenters. The molecule has 1 heterocycles. The van der Waals surface area contributed by atoms with Crippen molar-refractivity contribution in [2.45, 2.75) is 6.42 Å². The number of nitro groups is 1. The van der Waals surface area contributed by atoms with Crippen LogP contribution in [0.15, 0.2) is 30.5 Å². The highest BCUT2D eigenvalue weighted by Crippen LogP contribution is 2.21. The fourth-order valence-electron chi connectivity index (χ4n) is 1.89. The van der Waals surface area contributed by atoms with Crippen LogP contribution >= 0.6 is 0 Å². The van der Waals surface area contributed by atoms with Crippen molar-refractivity contribution in [2.24, 2.45) is 7.05 Å². The molecule has 0 bridgehead atoms. The van der Waals surface area contributed by atoms with Crippen LogP contribution < -0.4 is 10.1 Å². The summed E-state index contributed by atoms with van der Waals surface area (Å²) in [5, 5.41) is 17.9. The third kappa shape index (κ3) is 3.25. The Bertz CT molecular complexity index is 609. The van der Waals surface area contributed by atoms with E-state index in [0.717, 1.165) is 17.7 Å². The van der Waals surface area contributed by atoms with E-state index in [2.05, 4.69) is 10.4 Å². The van der Waals surface area contributed by atoms with Gasteiger partial charge in [-0.15, -0.1) is 5.10 Å². The Balaban J connectivity index is 1.97. The molecule has 2 rings (SSSR count). The lowest BCUT2D eigenvalue weighted by molar-refractivity contribution is -0.384. The first kappa shape index (κ1) is 13.9. The molecule has 0 unspecified atom stereocenters. The van der Waals surface area contributed by atoms with E-state index < -0.39 is 4.92 Å². The van der Waals surface area contributed by atoms with Gasteiger partial charge >= 0.3 is 5.69 Å². The number of methoxy groups -OCH3 is 1. The van der Waals surface area contributed by atoms with Gasteiger partial charge in [0.15, 0.2) is 0 Å². The van der Waals surface area contributed by atoms with E-state index >= 15 is 0 Å². The van der Waals surface area contributed by atoms with Crippen molar-refractivity contribution in [2.75, 3.05) is 19.0 Å². The van der Waals surface area contributed by atoms with Crippen molar-refractivity contribution in [3.8, 4) is 5.75 Å². The zero-order valence-corrected chi connectivity index (χ0v) is 11.4. The van der Waals surface area contributed by atoms with Gasteiger partial charge in [-0.2, -0.15) is 0 Å². The van der Waals surface area contributed by atoms with Gasteiger partial charge in [-0.05, 0) is 24.1 Å². The number of nitrogens with zero attached hydrogens (tertiary/aromatic N) is 3. The predicted molar refractivity (Wildman–Crippen MR) is 75.1 cm³/mol. The SMILES string of the molecule is COc1cccc(CCNc2nn(C)cc2[N+](=O)[O-])c1. The van der Waals surface area contributed by atoms with Gasteiger partial charge in [0.25, 0.3) is 0 Å². The Morgan fingerprint density at radius 1 is 1.50 bits per heavy atom. The maximum atomic E-state index is 10.8. The van der Waals surface area contributed by atoms with E-state index in [1.54, 1.807) is 14.2 Å². The lowest BCUT2D eigenvalue weighted by Gasteiger charge is -2.05. The Morgan fingerprint density at radius 3 is 3.00 bits per heavy atom. The number of ether oxygens (including phenoxy) is 1. The molecule has 7 nitrogen and oxygen atoms in total. The second kappa shape index (κ2) is 6.05. The number of aromatic nitrogens is 2. The van der Waals surface area contributed by atoms with Crippen LogP contribution in [0.5, 0.6) is 5.75 Å². The van der Waals surface area contributed by atoms with E-state index in [-0.39, 0.29) is 5.69 Å².